The van der Waals surface area contributed by atoms with Gasteiger partial charge in [-0.1, -0.05) is 6.92 Å². The van der Waals surface area contributed by atoms with Crippen molar-refractivity contribution >= 4 is 41.3 Å². The standard InChI is InChI=1S/C16H27N3OS.HI/c1-4-14-7-8-15(21-14)11-18-16(17-2)19(3)9-10-20-12-13-5-6-13;/h7-8,13H,4-6,9-12H2,1-3H3,(H,17,18);1H. The number of hydrogen-bond acceptors (Lipinski definition) is 3. The van der Waals surface area contributed by atoms with Crippen LogP contribution >= 0.6 is 35.3 Å². The van der Waals surface area contributed by atoms with E-state index in [-0.39, 0.29) is 24.0 Å². The number of aryl methyl sites for hydroxylation is 1. The van der Waals surface area contributed by atoms with Crippen molar-refractivity contribution in [2.75, 3.05) is 33.9 Å². The minimum Gasteiger partial charge on any atom is -0.379 e. The highest BCUT2D eigenvalue weighted by Crippen LogP contribution is 2.28. The van der Waals surface area contributed by atoms with Gasteiger partial charge in [-0.3, -0.25) is 4.99 Å². The Balaban J connectivity index is 0.00000242. The van der Waals surface area contributed by atoms with Crippen LogP contribution in [0, 0.1) is 5.92 Å². The van der Waals surface area contributed by atoms with Crippen molar-refractivity contribution < 1.29 is 4.74 Å². The highest BCUT2D eigenvalue weighted by molar-refractivity contribution is 14.0. The van der Waals surface area contributed by atoms with Gasteiger partial charge < -0.3 is 15.0 Å². The van der Waals surface area contributed by atoms with Gasteiger partial charge in [-0.2, -0.15) is 0 Å². The van der Waals surface area contributed by atoms with Crippen molar-refractivity contribution in [2.24, 2.45) is 10.9 Å². The molecule has 1 fully saturated rings. The first-order chi connectivity index (χ1) is 10.2. The number of aliphatic imine (C=N–C) groups is 1. The first-order valence-electron chi connectivity index (χ1n) is 7.80. The van der Waals surface area contributed by atoms with Gasteiger partial charge in [0.1, 0.15) is 0 Å². The van der Waals surface area contributed by atoms with Crippen molar-refractivity contribution in [1.29, 1.82) is 0 Å². The number of thiophene rings is 1. The van der Waals surface area contributed by atoms with Crippen LogP contribution in [0.3, 0.4) is 0 Å². The monoisotopic (exact) mass is 437 g/mol. The normalized spacial score (nSPS) is 14.6. The van der Waals surface area contributed by atoms with Gasteiger partial charge in [-0.05, 0) is 37.3 Å². The summed E-state index contributed by atoms with van der Waals surface area (Å²) >= 11 is 1.87. The van der Waals surface area contributed by atoms with Gasteiger partial charge in [-0.25, -0.2) is 0 Å². The molecule has 0 unspecified atom stereocenters. The number of likely N-dealkylation sites (N-methyl/N-ethyl adjacent to an activating group) is 1. The van der Waals surface area contributed by atoms with Gasteiger partial charge in [0.2, 0.25) is 0 Å². The molecule has 2 rings (SSSR count). The topological polar surface area (TPSA) is 36.9 Å². The summed E-state index contributed by atoms with van der Waals surface area (Å²) in [6, 6.07) is 4.41. The Morgan fingerprint density at radius 3 is 2.73 bits per heavy atom. The Morgan fingerprint density at radius 2 is 2.14 bits per heavy atom. The summed E-state index contributed by atoms with van der Waals surface area (Å²) < 4.78 is 5.68. The van der Waals surface area contributed by atoms with Gasteiger partial charge in [0, 0.05) is 37.0 Å². The third-order valence-electron chi connectivity index (χ3n) is 3.68. The van der Waals surface area contributed by atoms with Crippen LogP contribution in [-0.4, -0.2) is 44.7 Å². The zero-order valence-corrected chi connectivity index (χ0v) is 16.9. The molecule has 1 N–H and O–H groups in total. The van der Waals surface area contributed by atoms with Crippen LogP contribution in [-0.2, 0) is 17.7 Å². The molecule has 1 heterocycles. The average Bonchev–Trinajstić information content (AvgIpc) is 3.21. The highest BCUT2D eigenvalue weighted by Gasteiger charge is 2.21. The smallest absolute Gasteiger partial charge is 0.193 e. The van der Waals surface area contributed by atoms with Gasteiger partial charge in [-0.15, -0.1) is 35.3 Å². The fourth-order valence-corrected chi connectivity index (χ4v) is 3.00. The summed E-state index contributed by atoms with van der Waals surface area (Å²) in [5.41, 5.74) is 0. The lowest BCUT2D eigenvalue weighted by Gasteiger charge is -2.21. The average molecular weight is 437 g/mol. The molecule has 0 amide bonds. The van der Waals surface area contributed by atoms with Gasteiger partial charge in [0.25, 0.3) is 0 Å². The molecule has 0 radical (unpaired) electrons. The molecule has 1 saturated carbocycles. The van der Waals surface area contributed by atoms with Crippen LogP contribution in [0.1, 0.15) is 29.5 Å². The van der Waals surface area contributed by atoms with E-state index < -0.39 is 0 Å². The molecule has 1 aromatic rings. The second kappa shape index (κ2) is 10.4. The summed E-state index contributed by atoms with van der Waals surface area (Å²) in [6.07, 6.45) is 3.80. The Morgan fingerprint density at radius 1 is 1.41 bits per heavy atom. The predicted octanol–water partition coefficient (Wildman–Crippen LogP) is 3.36. The fraction of sp³-hybridized carbons (Fsp3) is 0.688. The summed E-state index contributed by atoms with van der Waals surface area (Å²) in [5, 5.41) is 3.42. The molecule has 0 atom stereocenters. The molecule has 1 aromatic heterocycles. The fourth-order valence-electron chi connectivity index (χ4n) is 2.10. The van der Waals surface area contributed by atoms with E-state index in [4.69, 9.17) is 4.74 Å². The molecule has 0 aliphatic heterocycles. The largest absolute Gasteiger partial charge is 0.379 e. The lowest BCUT2D eigenvalue weighted by Crippen LogP contribution is -2.40. The Labute approximate surface area is 155 Å². The molecule has 0 aromatic carbocycles. The first kappa shape index (κ1) is 19.7. The molecule has 126 valence electrons. The Bertz CT molecular complexity index is 460. The van der Waals surface area contributed by atoms with Crippen LogP contribution in [0.4, 0.5) is 0 Å². The number of hydrogen-bond donors (Lipinski definition) is 1. The highest BCUT2D eigenvalue weighted by atomic mass is 127. The summed E-state index contributed by atoms with van der Waals surface area (Å²) in [7, 11) is 3.89. The van der Waals surface area contributed by atoms with Crippen LogP contribution in [0.15, 0.2) is 17.1 Å². The zero-order chi connectivity index (χ0) is 15.1. The summed E-state index contributed by atoms with van der Waals surface area (Å²) in [6.45, 7) is 5.60. The molecule has 1 aliphatic carbocycles. The maximum Gasteiger partial charge on any atom is 0.193 e. The SMILES string of the molecule is CCc1ccc(CNC(=NC)N(C)CCOCC2CC2)s1.I. The van der Waals surface area contributed by atoms with Crippen molar-refractivity contribution in [3.63, 3.8) is 0 Å². The first-order valence-corrected chi connectivity index (χ1v) is 8.61. The van der Waals surface area contributed by atoms with E-state index in [1.165, 1.54) is 22.6 Å². The molecule has 4 nitrogen and oxygen atoms in total. The van der Waals surface area contributed by atoms with E-state index in [0.29, 0.717) is 0 Å². The van der Waals surface area contributed by atoms with Crippen LogP contribution in [0.25, 0.3) is 0 Å². The number of ether oxygens (including phenoxy) is 1. The molecule has 0 saturated heterocycles. The molecule has 22 heavy (non-hydrogen) atoms. The Kier molecular flexibility index (Phi) is 9.35. The molecule has 6 heteroatoms. The van der Waals surface area contributed by atoms with Crippen LogP contribution in [0.2, 0.25) is 0 Å². The molecular formula is C16H28IN3OS. The van der Waals surface area contributed by atoms with E-state index in [1.807, 2.05) is 18.4 Å². The number of nitrogens with one attached hydrogen (secondary N) is 1. The van der Waals surface area contributed by atoms with Crippen molar-refractivity contribution in [3.05, 3.63) is 21.9 Å². The lowest BCUT2D eigenvalue weighted by molar-refractivity contribution is 0.115. The van der Waals surface area contributed by atoms with Gasteiger partial charge >= 0.3 is 0 Å². The predicted molar refractivity (Wildman–Crippen MR) is 105 cm³/mol. The van der Waals surface area contributed by atoms with E-state index >= 15 is 0 Å². The minimum atomic E-state index is 0. The zero-order valence-electron chi connectivity index (χ0n) is 13.8. The van der Waals surface area contributed by atoms with Crippen LogP contribution < -0.4 is 5.32 Å². The second-order valence-electron chi connectivity index (χ2n) is 5.56. The number of guanidine groups is 1. The number of nitrogens with zero attached hydrogens (tertiary/aromatic N) is 2. The molecule has 0 spiro atoms. The molecule has 0 bridgehead atoms. The van der Waals surface area contributed by atoms with E-state index in [0.717, 1.165) is 44.6 Å². The third-order valence-corrected chi connectivity index (χ3v) is 4.91. The number of rotatable bonds is 8. The van der Waals surface area contributed by atoms with E-state index in [1.54, 1.807) is 0 Å². The van der Waals surface area contributed by atoms with Crippen molar-refractivity contribution in [2.45, 2.75) is 32.7 Å². The summed E-state index contributed by atoms with van der Waals surface area (Å²) in [4.78, 5) is 9.25. The van der Waals surface area contributed by atoms with Crippen molar-refractivity contribution in [1.82, 2.24) is 10.2 Å². The summed E-state index contributed by atoms with van der Waals surface area (Å²) in [5.74, 6) is 1.76. The van der Waals surface area contributed by atoms with E-state index in [2.05, 4.69) is 41.3 Å². The lowest BCUT2D eigenvalue weighted by atomic mass is 10.3. The number of halogens is 1. The molecular weight excluding hydrogens is 409 g/mol. The van der Waals surface area contributed by atoms with Crippen LogP contribution in [0.5, 0.6) is 0 Å². The van der Waals surface area contributed by atoms with E-state index in [9.17, 15) is 0 Å². The third kappa shape index (κ3) is 6.83. The Hall–Kier alpha value is -0.340. The minimum absolute atomic E-state index is 0. The maximum atomic E-state index is 5.68. The quantitative estimate of drug-likeness (QED) is 0.293. The molecule has 1 aliphatic rings. The maximum absolute atomic E-state index is 5.68. The van der Waals surface area contributed by atoms with Crippen molar-refractivity contribution in [3.8, 4) is 0 Å². The van der Waals surface area contributed by atoms with Gasteiger partial charge in [0.15, 0.2) is 5.96 Å². The van der Waals surface area contributed by atoms with Gasteiger partial charge in [0.05, 0.1) is 13.2 Å². The second-order valence-corrected chi connectivity index (χ2v) is 6.82.